The summed E-state index contributed by atoms with van der Waals surface area (Å²) in [7, 11) is 0. The molecule has 0 amide bonds. The molecule has 92 valence electrons. The van der Waals surface area contributed by atoms with E-state index >= 15 is 0 Å². The topological polar surface area (TPSA) is 38.7 Å². The van der Waals surface area contributed by atoms with Crippen molar-refractivity contribution in [3.05, 3.63) is 57.8 Å². The fraction of sp³-hybridized carbons (Fsp3) is 0.143. The first-order valence-electron chi connectivity index (χ1n) is 5.53. The van der Waals surface area contributed by atoms with Crippen molar-refractivity contribution in [2.45, 2.75) is 13.8 Å². The molecule has 18 heavy (non-hydrogen) atoms. The van der Waals surface area contributed by atoms with E-state index in [1.165, 1.54) is 0 Å². The van der Waals surface area contributed by atoms with Gasteiger partial charge in [-0.05, 0) is 37.4 Å². The lowest BCUT2D eigenvalue weighted by Crippen LogP contribution is -2.03. The first-order chi connectivity index (χ1) is 8.66. The van der Waals surface area contributed by atoms with Crippen molar-refractivity contribution in [3.8, 4) is 0 Å². The predicted octanol–water partition coefficient (Wildman–Crippen LogP) is 3.64. The standard InChI is InChI=1S/C14H13NO2S/c1-10-5-7-12(8-6-10)14(16)17-15-11(2)13-4-3-9-18-13/h3-9H,1-2H3. The molecule has 1 aromatic carbocycles. The Labute approximate surface area is 110 Å². The van der Waals surface area contributed by atoms with Crippen LogP contribution in [-0.2, 0) is 4.84 Å². The summed E-state index contributed by atoms with van der Waals surface area (Å²) in [5, 5.41) is 5.80. The fourth-order valence-electron chi connectivity index (χ4n) is 1.38. The Morgan fingerprint density at radius 3 is 2.56 bits per heavy atom. The van der Waals surface area contributed by atoms with Gasteiger partial charge < -0.3 is 4.84 Å². The van der Waals surface area contributed by atoms with Gasteiger partial charge in [0.05, 0.1) is 16.2 Å². The molecule has 1 heterocycles. The SMILES string of the molecule is CC(=NOC(=O)c1ccc(C)cc1)c1cccs1. The minimum Gasteiger partial charge on any atom is -0.313 e. The van der Waals surface area contributed by atoms with Crippen molar-refractivity contribution in [1.82, 2.24) is 0 Å². The van der Waals surface area contributed by atoms with E-state index in [0.717, 1.165) is 10.4 Å². The molecule has 0 spiro atoms. The van der Waals surface area contributed by atoms with Crippen LogP contribution < -0.4 is 0 Å². The second-order valence-electron chi connectivity index (χ2n) is 3.90. The Morgan fingerprint density at radius 1 is 1.22 bits per heavy atom. The minimum atomic E-state index is -0.439. The highest BCUT2D eigenvalue weighted by Crippen LogP contribution is 2.11. The monoisotopic (exact) mass is 259 g/mol. The lowest BCUT2D eigenvalue weighted by atomic mass is 10.2. The molecule has 0 saturated carbocycles. The summed E-state index contributed by atoms with van der Waals surface area (Å²) in [5.74, 6) is -0.439. The Bertz CT molecular complexity index is 556. The van der Waals surface area contributed by atoms with Crippen molar-refractivity contribution in [3.63, 3.8) is 0 Å². The van der Waals surface area contributed by atoms with Gasteiger partial charge in [0.25, 0.3) is 0 Å². The van der Waals surface area contributed by atoms with Gasteiger partial charge in [-0.15, -0.1) is 11.3 Å². The molecule has 0 aliphatic carbocycles. The highest BCUT2D eigenvalue weighted by Gasteiger charge is 2.07. The number of nitrogens with zero attached hydrogens (tertiary/aromatic N) is 1. The maximum Gasteiger partial charge on any atom is 0.365 e. The second kappa shape index (κ2) is 5.60. The number of aryl methyl sites for hydroxylation is 1. The lowest BCUT2D eigenvalue weighted by molar-refractivity contribution is 0.0516. The van der Waals surface area contributed by atoms with Crippen LogP contribution in [0.25, 0.3) is 0 Å². The zero-order chi connectivity index (χ0) is 13.0. The van der Waals surface area contributed by atoms with Gasteiger partial charge in [-0.1, -0.05) is 28.9 Å². The van der Waals surface area contributed by atoms with E-state index in [1.54, 1.807) is 23.5 Å². The first kappa shape index (κ1) is 12.5. The first-order valence-corrected chi connectivity index (χ1v) is 6.41. The molecule has 2 aromatic rings. The number of carbonyl (C=O) groups excluding carboxylic acids is 1. The molecular weight excluding hydrogens is 246 g/mol. The number of hydrogen-bond donors (Lipinski definition) is 0. The van der Waals surface area contributed by atoms with Crippen LogP contribution in [0.1, 0.15) is 27.7 Å². The number of benzene rings is 1. The Balaban J connectivity index is 2.04. The lowest BCUT2D eigenvalue weighted by Gasteiger charge is -2.00. The summed E-state index contributed by atoms with van der Waals surface area (Å²) in [6.45, 7) is 3.78. The quantitative estimate of drug-likeness (QED) is 0.479. The van der Waals surface area contributed by atoms with Crippen LogP contribution >= 0.6 is 11.3 Å². The molecule has 0 unspecified atom stereocenters. The normalized spacial score (nSPS) is 11.3. The molecule has 0 atom stereocenters. The maximum absolute atomic E-state index is 11.7. The number of oxime groups is 1. The second-order valence-corrected chi connectivity index (χ2v) is 4.85. The minimum absolute atomic E-state index is 0.439. The Kier molecular flexibility index (Phi) is 3.89. The molecular formula is C14H13NO2S. The average Bonchev–Trinajstić information content (AvgIpc) is 2.90. The third-order valence-corrected chi connectivity index (χ3v) is 3.41. The van der Waals surface area contributed by atoms with Crippen LogP contribution in [0.2, 0.25) is 0 Å². The molecule has 1 aromatic heterocycles. The summed E-state index contributed by atoms with van der Waals surface area (Å²) in [6, 6.07) is 11.1. The van der Waals surface area contributed by atoms with Crippen molar-refractivity contribution in [2.75, 3.05) is 0 Å². The molecule has 0 fully saturated rings. The third-order valence-electron chi connectivity index (χ3n) is 2.43. The molecule has 4 heteroatoms. The third kappa shape index (κ3) is 3.05. The van der Waals surface area contributed by atoms with E-state index in [-0.39, 0.29) is 0 Å². The van der Waals surface area contributed by atoms with Crippen molar-refractivity contribution >= 4 is 23.0 Å². The molecule has 0 bridgehead atoms. The summed E-state index contributed by atoms with van der Waals surface area (Å²) in [6.07, 6.45) is 0. The van der Waals surface area contributed by atoms with Gasteiger partial charge in [0.2, 0.25) is 0 Å². The average molecular weight is 259 g/mol. The van der Waals surface area contributed by atoms with Gasteiger partial charge in [-0.25, -0.2) is 4.79 Å². The Morgan fingerprint density at radius 2 is 1.94 bits per heavy atom. The summed E-state index contributed by atoms with van der Waals surface area (Å²) in [4.78, 5) is 17.6. The zero-order valence-corrected chi connectivity index (χ0v) is 11.0. The number of carbonyl (C=O) groups is 1. The fourth-order valence-corrected chi connectivity index (χ4v) is 2.05. The van der Waals surface area contributed by atoms with Crippen LogP contribution in [0, 0.1) is 6.92 Å². The van der Waals surface area contributed by atoms with Gasteiger partial charge >= 0.3 is 5.97 Å². The molecule has 0 saturated heterocycles. The van der Waals surface area contributed by atoms with Crippen LogP contribution in [-0.4, -0.2) is 11.7 Å². The number of thiophene rings is 1. The van der Waals surface area contributed by atoms with E-state index in [4.69, 9.17) is 4.84 Å². The van der Waals surface area contributed by atoms with E-state index in [1.807, 2.05) is 43.5 Å². The highest BCUT2D eigenvalue weighted by molar-refractivity contribution is 7.12. The molecule has 0 N–H and O–H groups in total. The molecule has 0 radical (unpaired) electrons. The predicted molar refractivity (Wildman–Crippen MR) is 73.1 cm³/mol. The zero-order valence-electron chi connectivity index (χ0n) is 10.2. The molecule has 0 aliphatic rings. The Hall–Kier alpha value is -1.94. The van der Waals surface area contributed by atoms with Gasteiger partial charge in [0.1, 0.15) is 0 Å². The van der Waals surface area contributed by atoms with Crippen LogP contribution in [0.15, 0.2) is 46.9 Å². The molecule has 0 aliphatic heterocycles. The smallest absolute Gasteiger partial charge is 0.313 e. The van der Waals surface area contributed by atoms with Gasteiger partial charge in [0, 0.05) is 0 Å². The number of hydrogen-bond acceptors (Lipinski definition) is 4. The summed E-state index contributed by atoms with van der Waals surface area (Å²) < 4.78 is 0. The summed E-state index contributed by atoms with van der Waals surface area (Å²) in [5.41, 5.74) is 2.30. The van der Waals surface area contributed by atoms with Crippen molar-refractivity contribution < 1.29 is 9.63 Å². The van der Waals surface area contributed by atoms with Crippen molar-refractivity contribution in [1.29, 1.82) is 0 Å². The van der Waals surface area contributed by atoms with Crippen LogP contribution in [0.5, 0.6) is 0 Å². The van der Waals surface area contributed by atoms with Crippen molar-refractivity contribution in [2.24, 2.45) is 5.16 Å². The van der Waals surface area contributed by atoms with Gasteiger partial charge in [0.15, 0.2) is 0 Å². The van der Waals surface area contributed by atoms with E-state index < -0.39 is 5.97 Å². The van der Waals surface area contributed by atoms with E-state index in [9.17, 15) is 4.79 Å². The highest BCUT2D eigenvalue weighted by atomic mass is 32.1. The van der Waals surface area contributed by atoms with Gasteiger partial charge in [-0.3, -0.25) is 0 Å². The molecule has 2 rings (SSSR count). The van der Waals surface area contributed by atoms with Crippen LogP contribution in [0.3, 0.4) is 0 Å². The van der Waals surface area contributed by atoms with E-state index in [0.29, 0.717) is 11.3 Å². The summed E-state index contributed by atoms with van der Waals surface area (Å²) >= 11 is 1.56. The molecule has 3 nitrogen and oxygen atoms in total. The van der Waals surface area contributed by atoms with Crippen LogP contribution in [0.4, 0.5) is 0 Å². The largest absolute Gasteiger partial charge is 0.365 e. The van der Waals surface area contributed by atoms with E-state index in [2.05, 4.69) is 5.16 Å². The maximum atomic E-state index is 11.7. The van der Waals surface area contributed by atoms with Gasteiger partial charge in [-0.2, -0.15) is 0 Å². The number of rotatable bonds is 3.